The molecule has 0 aliphatic rings. The van der Waals surface area contributed by atoms with Crippen LogP contribution in [0.5, 0.6) is 0 Å². The molecule has 18 heavy (non-hydrogen) atoms. The van der Waals surface area contributed by atoms with E-state index in [4.69, 9.17) is 9.47 Å². The van der Waals surface area contributed by atoms with Crippen molar-refractivity contribution in [3.05, 3.63) is 28.5 Å². The number of hydrogen-bond donors (Lipinski definition) is 0. The van der Waals surface area contributed by atoms with Crippen LogP contribution in [0.4, 0.5) is 0 Å². The van der Waals surface area contributed by atoms with Crippen molar-refractivity contribution in [2.45, 2.75) is 0 Å². The Balaban J connectivity index is 2.51. The first-order valence-corrected chi connectivity index (χ1v) is 6.69. The zero-order valence-electron chi connectivity index (χ0n) is 10.8. The molecule has 0 spiro atoms. The third kappa shape index (κ3) is 5.44. The Morgan fingerprint density at radius 3 is 2.50 bits per heavy atom. The minimum Gasteiger partial charge on any atom is -0.383 e. The molecule has 0 bridgehead atoms. The highest BCUT2D eigenvalue weighted by molar-refractivity contribution is 7.08. The fraction of sp³-hybridized carbons (Fsp3) is 0.462. The van der Waals surface area contributed by atoms with Gasteiger partial charge in [-0.05, 0) is 28.5 Å². The van der Waals surface area contributed by atoms with Gasteiger partial charge in [0.1, 0.15) is 0 Å². The predicted molar refractivity (Wildman–Crippen MR) is 73.7 cm³/mol. The lowest BCUT2D eigenvalue weighted by Crippen LogP contribution is -2.35. The van der Waals surface area contributed by atoms with Gasteiger partial charge in [-0.2, -0.15) is 11.3 Å². The molecule has 0 fully saturated rings. The van der Waals surface area contributed by atoms with E-state index in [0.717, 1.165) is 5.56 Å². The van der Waals surface area contributed by atoms with Crippen LogP contribution in [0.1, 0.15) is 5.56 Å². The van der Waals surface area contributed by atoms with Gasteiger partial charge in [-0.15, -0.1) is 0 Å². The first-order valence-electron chi connectivity index (χ1n) is 5.75. The Kier molecular flexibility index (Phi) is 7.32. The SMILES string of the molecule is COCCN(CCOC)C(=O)C=Cc1ccsc1. The second kappa shape index (κ2) is 8.85. The van der Waals surface area contributed by atoms with Crippen molar-refractivity contribution >= 4 is 23.3 Å². The van der Waals surface area contributed by atoms with Crippen molar-refractivity contribution in [2.24, 2.45) is 0 Å². The van der Waals surface area contributed by atoms with Gasteiger partial charge in [-0.1, -0.05) is 0 Å². The van der Waals surface area contributed by atoms with E-state index in [1.807, 2.05) is 22.9 Å². The van der Waals surface area contributed by atoms with E-state index in [0.29, 0.717) is 26.3 Å². The largest absolute Gasteiger partial charge is 0.383 e. The summed E-state index contributed by atoms with van der Waals surface area (Å²) in [4.78, 5) is 13.7. The second-order valence-corrected chi connectivity index (χ2v) is 4.48. The maximum absolute atomic E-state index is 12.0. The number of hydrogen-bond acceptors (Lipinski definition) is 4. The lowest BCUT2D eigenvalue weighted by Gasteiger charge is -2.20. The highest BCUT2D eigenvalue weighted by Gasteiger charge is 2.09. The van der Waals surface area contributed by atoms with Crippen LogP contribution < -0.4 is 0 Å². The first kappa shape index (κ1) is 14.9. The molecule has 1 heterocycles. The lowest BCUT2D eigenvalue weighted by atomic mass is 10.3. The van der Waals surface area contributed by atoms with E-state index in [1.165, 1.54) is 0 Å². The molecule has 0 atom stereocenters. The van der Waals surface area contributed by atoms with Gasteiger partial charge in [-0.25, -0.2) is 0 Å². The van der Waals surface area contributed by atoms with E-state index in [2.05, 4.69) is 0 Å². The molecular weight excluding hydrogens is 250 g/mol. The van der Waals surface area contributed by atoms with E-state index < -0.39 is 0 Å². The molecule has 0 aliphatic heterocycles. The summed E-state index contributed by atoms with van der Waals surface area (Å²) in [7, 11) is 3.25. The van der Waals surface area contributed by atoms with Crippen molar-refractivity contribution in [1.82, 2.24) is 4.90 Å². The second-order valence-electron chi connectivity index (χ2n) is 3.70. The third-order valence-electron chi connectivity index (χ3n) is 2.40. The summed E-state index contributed by atoms with van der Waals surface area (Å²) < 4.78 is 9.99. The monoisotopic (exact) mass is 269 g/mol. The number of thiophene rings is 1. The maximum Gasteiger partial charge on any atom is 0.246 e. The smallest absolute Gasteiger partial charge is 0.246 e. The van der Waals surface area contributed by atoms with Crippen molar-refractivity contribution in [2.75, 3.05) is 40.5 Å². The molecule has 100 valence electrons. The van der Waals surface area contributed by atoms with Gasteiger partial charge in [0.05, 0.1) is 13.2 Å². The molecule has 0 radical (unpaired) electrons. The quantitative estimate of drug-likeness (QED) is 0.676. The van der Waals surface area contributed by atoms with Gasteiger partial charge in [-0.3, -0.25) is 4.79 Å². The molecule has 0 unspecified atom stereocenters. The molecule has 1 rings (SSSR count). The van der Waals surface area contributed by atoms with E-state index in [1.54, 1.807) is 36.5 Å². The number of nitrogens with zero attached hydrogens (tertiary/aromatic N) is 1. The molecule has 0 aromatic carbocycles. The molecule has 1 aromatic heterocycles. The summed E-state index contributed by atoms with van der Waals surface area (Å²) >= 11 is 1.61. The Labute approximate surface area is 112 Å². The standard InChI is InChI=1S/C13H19NO3S/c1-16-8-6-14(7-9-17-2)13(15)4-3-12-5-10-18-11-12/h3-5,10-11H,6-9H2,1-2H3. The minimum absolute atomic E-state index is 0.0182. The van der Waals surface area contributed by atoms with Gasteiger partial charge < -0.3 is 14.4 Å². The molecule has 0 aliphatic carbocycles. The normalized spacial score (nSPS) is 11.0. The van der Waals surface area contributed by atoms with Gasteiger partial charge in [0.25, 0.3) is 0 Å². The Bertz CT molecular complexity index is 354. The van der Waals surface area contributed by atoms with Crippen LogP contribution in [0, 0.1) is 0 Å². The Hall–Kier alpha value is -1.17. The highest BCUT2D eigenvalue weighted by atomic mass is 32.1. The van der Waals surface area contributed by atoms with Crippen LogP contribution in [-0.2, 0) is 14.3 Å². The third-order valence-corrected chi connectivity index (χ3v) is 3.11. The fourth-order valence-electron chi connectivity index (χ4n) is 1.38. The van der Waals surface area contributed by atoms with Crippen LogP contribution in [0.3, 0.4) is 0 Å². The van der Waals surface area contributed by atoms with Crippen molar-refractivity contribution in [3.63, 3.8) is 0 Å². The van der Waals surface area contributed by atoms with Gasteiger partial charge in [0, 0.05) is 33.4 Å². The maximum atomic E-state index is 12.0. The Morgan fingerprint density at radius 2 is 2.00 bits per heavy atom. The van der Waals surface area contributed by atoms with Gasteiger partial charge in [0.2, 0.25) is 5.91 Å². The number of amides is 1. The number of rotatable bonds is 8. The number of carbonyl (C=O) groups excluding carboxylic acids is 1. The van der Waals surface area contributed by atoms with E-state index >= 15 is 0 Å². The summed E-state index contributed by atoms with van der Waals surface area (Å²) in [5.41, 5.74) is 1.05. The lowest BCUT2D eigenvalue weighted by molar-refractivity contribution is -0.127. The van der Waals surface area contributed by atoms with Crippen molar-refractivity contribution in [1.29, 1.82) is 0 Å². The van der Waals surface area contributed by atoms with Crippen molar-refractivity contribution in [3.8, 4) is 0 Å². The molecule has 0 saturated carbocycles. The first-order chi connectivity index (χ1) is 8.77. The van der Waals surface area contributed by atoms with Crippen LogP contribution >= 0.6 is 11.3 Å². The van der Waals surface area contributed by atoms with Crippen LogP contribution in [0.15, 0.2) is 22.9 Å². The van der Waals surface area contributed by atoms with Gasteiger partial charge >= 0.3 is 0 Å². The highest BCUT2D eigenvalue weighted by Crippen LogP contribution is 2.08. The molecular formula is C13H19NO3S. The topological polar surface area (TPSA) is 38.8 Å². The van der Waals surface area contributed by atoms with Crippen LogP contribution in [0.25, 0.3) is 6.08 Å². The summed E-state index contributed by atoms with van der Waals surface area (Å²) in [5, 5.41) is 3.98. The van der Waals surface area contributed by atoms with E-state index in [9.17, 15) is 4.79 Å². The Morgan fingerprint density at radius 1 is 1.33 bits per heavy atom. The molecule has 0 N–H and O–H groups in total. The molecule has 4 nitrogen and oxygen atoms in total. The van der Waals surface area contributed by atoms with E-state index in [-0.39, 0.29) is 5.91 Å². The summed E-state index contributed by atoms with van der Waals surface area (Å²) in [6, 6.07) is 1.98. The summed E-state index contributed by atoms with van der Waals surface area (Å²) in [5.74, 6) is -0.0182. The van der Waals surface area contributed by atoms with Gasteiger partial charge in [0.15, 0.2) is 0 Å². The zero-order chi connectivity index (χ0) is 13.2. The summed E-state index contributed by atoms with van der Waals surface area (Å²) in [6.45, 7) is 2.21. The number of carbonyl (C=O) groups is 1. The number of methoxy groups -OCH3 is 2. The van der Waals surface area contributed by atoms with Crippen LogP contribution in [-0.4, -0.2) is 51.3 Å². The summed E-state index contributed by atoms with van der Waals surface area (Å²) in [6.07, 6.45) is 3.42. The fourth-order valence-corrected chi connectivity index (χ4v) is 2.01. The van der Waals surface area contributed by atoms with Crippen molar-refractivity contribution < 1.29 is 14.3 Å². The molecule has 5 heteroatoms. The minimum atomic E-state index is -0.0182. The average molecular weight is 269 g/mol. The average Bonchev–Trinajstić information content (AvgIpc) is 2.89. The molecule has 1 amide bonds. The van der Waals surface area contributed by atoms with Crippen LogP contribution in [0.2, 0.25) is 0 Å². The number of ether oxygens (including phenoxy) is 2. The molecule has 1 aromatic rings. The molecule has 0 saturated heterocycles. The predicted octanol–water partition coefficient (Wildman–Crippen LogP) is 1.88. The zero-order valence-corrected chi connectivity index (χ0v) is 11.6.